The van der Waals surface area contributed by atoms with Gasteiger partial charge in [0.15, 0.2) is 0 Å². The van der Waals surface area contributed by atoms with E-state index < -0.39 is 6.16 Å². The predicted octanol–water partition coefficient (Wildman–Crippen LogP) is -1.46. The van der Waals surface area contributed by atoms with E-state index in [0.29, 0.717) is 0 Å². The summed E-state index contributed by atoms with van der Waals surface area (Å²) in [6, 6.07) is 0. The Bertz CT molecular complexity index is 45.5. The van der Waals surface area contributed by atoms with Crippen molar-refractivity contribution < 1.29 is 46.2 Å². The molecule has 0 bridgehead atoms. The molecule has 0 atom stereocenters. The van der Waals surface area contributed by atoms with Crippen molar-refractivity contribution in [1.82, 2.24) is 0 Å². The zero-order valence-corrected chi connectivity index (χ0v) is 5.17. The maximum absolute atomic E-state index is 7.74. The minimum Gasteiger partial charge on any atom is -0.315 e. The Hall–Kier alpha value is 0.723. The minimum atomic E-state index is -2.25. The number of aliphatic hydroxyl groups is 2. The molecule has 1 saturated heterocycles. The molecule has 6 heavy (non-hydrogen) atoms. The molecule has 0 saturated carbocycles. The van der Waals surface area contributed by atoms with Crippen molar-refractivity contribution in [3.8, 4) is 0 Å². The van der Waals surface area contributed by atoms with Gasteiger partial charge in [0, 0.05) is 26.2 Å². The second-order valence-corrected chi connectivity index (χ2v) is 0.715. The van der Waals surface area contributed by atoms with Crippen molar-refractivity contribution in [1.29, 1.82) is 0 Å². The Morgan fingerprint density at radius 3 is 1.33 bits per heavy atom. The van der Waals surface area contributed by atoms with Crippen LogP contribution >= 0.6 is 0 Å². The fourth-order valence-electron chi connectivity index (χ4n) is 0.0373. The van der Waals surface area contributed by atoms with Gasteiger partial charge in [-0.1, -0.05) is 0 Å². The first-order chi connectivity index (χ1) is 2.21. The Kier molecular flexibility index (Phi) is 1.88. The number of hydrogen-bond acceptors (Lipinski definition) is 4. The second-order valence-electron chi connectivity index (χ2n) is 0.715. The molecule has 0 spiro atoms. The first-order valence-electron chi connectivity index (χ1n) is 1.02. The summed E-state index contributed by atoms with van der Waals surface area (Å²) in [4.78, 5) is 7.01. The molecule has 0 aromatic carbocycles. The van der Waals surface area contributed by atoms with Gasteiger partial charge < -0.3 is 10.2 Å². The van der Waals surface area contributed by atoms with Crippen LogP contribution in [0.5, 0.6) is 0 Å². The van der Waals surface area contributed by atoms with Crippen LogP contribution in [0.15, 0.2) is 0 Å². The average Bonchev–Trinajstić information content (AvgIpc) is 1.76. The fourth-order valence-corrected chi connectivity index (χ4v) is 0.0373. The molecule has 0 unspecified atom stereocenters. The molecule has 4 nitrogen and oxygen atoms in total. The van der Waals surface area contributed by atoms with Crippen molar-refractivity contribution >= 4 is 0 Å². The van der Waals surface area contributed by atoms with Crippen LogP contribution < -0.4 is 0 Å². The molecular weight excluding hydrogens is 167 g/mol. The summed E-state index contributed by atoms with van der Waals surface area (Å²) < 4.78 is 0. The van der Waals surface area contributed by atoms with E-state index >= 15 is 0 Å². The quantitative estimate of drug-likeness (QED) is 0.264. The van der Waals surface area contributed by atoms with Gasteiger partial charge in [-0.15, -0.1) is 9.78 Å². The summed E-state index contributed by atoms with van der Waals surface area (Å²) in [5, 5.41) is 15.5. The van der Waals surface area contributed by atoms with Gasteiger partial charge in [-0.2, -0.15) is 0 Å². The van der Waals surface area contributed by atoms with Crippen molar-refractivity contribution in [2.24, 2.45) is 0 Å². The van der Waals surface area contributed by atoms with Crippen molar-refractivity contribution in [2.45, 2.75) is 6.16 Å². The summed E-state index contributed by atoms with van der Waals surface area (Å²) >= 11 is 0. The first-order valence-corrected chi connectivity index (χ1v) is 1.02. The van der Waals surface area contributed by atoms with E-state index in [1.807, 2.05) is 0 Å². The van der Waals surface area contributed by atoms with Gasteiger partial charge in [0.25, 0.3) is 0 Å². The van der Waals surface area contributed by atoms with E-state index in [-0.39, 0.29) is 26.2 Å². The molecule has 5 heteroatoms. The van der Waals surface area contributed by atoms with Crippen molar-refractivity contribution in [3.63, 3.8) is 0 Å². The Labute approximate surface area is 52.7 Å². The molecule has 1 aliphatic rings. The third-order valence-electron chi connectivity index (χ3n) is 0.232. The first kappa shape index (κ1) is 6.72. The van der Waals surface area contributed by atoms with Crippen LogP contribution in [0, 0.1) is 0 Å². The van der Waals surface area contributed by atoms with Crippen molar-refractivity contribution in [2.75, 3.05) is 0 Å². The van der Waals surface area contributed by atoms with Gasteiger partial charge in [-0.05, 0) is 0 Å². The molecule has 0 aromatic rings. The van der Waals surface area contributed by atoms with E-state index in [4.69, 9.17) is 10.2 Å². The third kappa shape index (κ3) is 2.00. The zero-order valence-electron chi connectivity index (χ0n) is 2.71. The Morgan fingerprint density at radius 2 is 1.33 bits per heavy atom. The van der Waals surface area contributed by atoms with Gasteiger partial charge >= 0.3 is 6.16 Å². The van der Waals surface area contributed by atoms with Crippen LogP contribution in [-0.2, 0) is 36.0 Å². The second kappa shape index (κ2) is 1.68. The molecule has 1 aliphatic heterocycles. The molecule has 1 heterocycles. The summed E-state index contributed by atoms with van der Waals surface area (Å²) in [5.74, 6) is 0. The maximum atomic E-state index is 7.74. The SMILES string of the molecule is OC1(O)OO1.[Zr]. The summed E-state index contributed by atoms with van der Waals surface area (Å²) in [5.41, 5.74) is 0. The van der Waals surface area contributed by atoms with Gasteiger partial charge in [0.05, 0.1) is 0 Å². The third-order valence-corrected chi connectivity index (χ3v) is 0.232. The van der Waals surface area contributed by atoms with Crippen LogP contribution in [0.1, 0.15) is 0 Å². The number of hydrogen-bond donors (Lipinski definition) is 2. The smallest absolute Gasteiger partial charge is 0.315 e. The van der Waals surface area contributed by atoms with Crippen LogP contribution in [0.3, 0.4) is 0 Å². The van der Waals surface area contributed by atoms with Crippen LogP contribution in [0.4, 0.5) is 0 Å². The zero-order chi connectivity index (χ0) is 3.91. The molecule has 0 radical (unpaired) electrons. The molecule has 2 N–H and O–H groups in total. The van der Waals surface area contributed by atoms with Gasteiger partial charge in [-0.25, -0.2) is 0 Å². The van der Waals surface area contributed by atoms with E-state index in [0.717, 1.165) is 0 Å². The Morgan fingerprint density at radius 1 is 1.17 bits per heavy atom. The molecule has 0 amide bonds. The van der Waals surface area contributed by atoms with Gasteiger partial charge in [0.1, 0.15) is 0 Å². The molecule has 0 aliphatic carbocycles. The molecule has 34 valence electrons. The van der Waals surface area contributed by atoms with E-state index in [1.54, 1.807) is 0 Å². The molecular formula is CH2O4Zr. The minimum absolute atomic E-state index is 0. The maximum Gasteiger partial charge on any atom is 0.461 e. The monoisotopic (exact) mass is 168 g/mol. The number of rotatable bonds is 0. The topological polar surface area (TPSA) is 65.5 Å². The summed E-state index contributed by atoms with van der Waals surface area (Å²) in [6.45, 7) is 0. The standard InChI is InChI=1S/CH2O4.Zr/c2-1(3)4-5-1;/h2-3H;. The van der Waals surface area contributed by atoms with E-state index in [9.17, 15) is 0 Å². The van der Waals surface area contributed by atoms with E-state index in [1.165, 1.54) is 0 Å². The summed E-state index contributed by atoms with van der Waals surface area (Å²) in [7, 11) is 0. The van der Waals surface area contributed by atoms with Crippen molar-refractivity contribution in [3.05, 3.63) is 0 Å². The van der Waals surface area contributed by atoms with Crippen LogP contribution in [-0.4, -0.2) is 16.4 Å². The van der Waals surface area contributed by atoms with Crippen LogP contribution in [0.2, 0.25) is 0 Å². The largest absolute Gasteiger partial charge is 0.461 e. The predicted molar refractivity (Wildman–Crippen MR) is 9.34 cm³/mol. The van der Waals surface area contributed by atoms with Crippen LogP contribution in [0.25, 0.3) is 0 Å². The molecule has 0 aromatic heterocycles. The van der Waals surface area contributed by atoms with Gasteiger partial charge in [-0.3, -0.25) is 0 Å². The Balaban J connectivity index is 0.000000250. The fraction of sp³-hybridized carbons (Fsp3) is 1.00. The molecule has 1 fully saturated rings. The van der Waals surface area contributed by atoms with Gasteiger partial charge in [0.2, 0.25) is 0 Å². The van der Waals surface area contributed by atoms with E-state index in [2.05, 4.69) is 9.78 Å². The normalized spacial score (nSPS) is 25.0. The average molecular weight is 169 g/mol. The molecule has 1 rings (SSSR count). The summed E-state index contributed by atoms with van der Waals surface area (Å²) in [6.07, 6.45) is -2.25.